The third kappa shape index (κ3) is 3.03. The number of benzene rings is 2. The lowest BCUT2D eigenvalue weighted by atomic mass is 10.0. The monoisotopic (exact) mass is 346 g/mol. The van der Waals surface area contributed by atoms with E-state index in [1.165, 1.54) is 11.1 Å². The first kappa shape index (κ1) is 16.6. The Kier molecular flexibility index (Phi) is 4.11. The van der Waals surface area contributed by atoms with Crippen LogP contribution in [-0.4, -0.2) is 22.4 Å². The zero-order chi connectivity index (χ0) is 18.3. The average molecular weight is 346 g/mol. The summed E-state index contributed by atoms with van der Waals surface area (Å²) in [7, 11) is 0. The zero-order valence-corrected chi connectivity index (χ0v) is 15.4. The molecule has 3 aromatic rings. The van der Waals surface area contributed by atoms with Gasteiger partial charge in [-0.3, -0.25) is 4.79 Å². The van der Waals surface area contributed by atoms with Crippen molar-refractivity contribution in [2.75, 3.05) is 6.61 Å². The number of nitrogens with zero attached hydrogens (tertiary/aromatic N) is 2. The minimum Gasteiger partial charge on any atom is -0.467 e. The average Bonchev–Trinajstić information content (AvgIpc) is 2.78. The van der Waals surface area contributed by atoms with Crippen molar-refractivity contribution in [3.05, 3.63) is 70.3 Å². The molecule has 0 radical (unpaired) electrons. The molecule has 1 aliphatic rings. The lowest BCUT2D eigenvalue weighted by molar-refractivity contribution is -0.133. The standard InChI is InChI=1S/C22H22N2O2/c1-14-4-8-17(9-5-14)11-24-12-18-10-19-15(2)6-7-16(3)21(19)23-22(18)26-13-20(24)25/h4-10H,11-13H2,1-3H3. The molecule has 0 atom stereocenters. The number of hydrogen-bond acceptors (Lipinski definition) is 3. The maximum Gasteiger partial charge on any atom is 0.261 e. The van der Waals surface area contributed by atoms with Gasteiger partial charge >= 0.3 is 0 Å². The number of carbonyl (C=O) groups excluding carboxylic acids is 1. The number of ether oxygens (including phenoxy) is 1. The smallest absolute Gasteiger partial charge is 0.261 e. The van der Waals surface area contributed by atoms with E-state index in [-0.39, 0.29) is 12.5 Å². The highest BCUT2D eigenvalue weighted by atomic mass is 16.5. The third-order valence-electron chi connectivity index (χ3n) is 4.98. The molecule has 1 amide bonds. The van der Waals surface area contributed by atoms with E-state index < -0.39 is 0 Å². The molecule has 4 nitrogen and oxygen atoms in total. The van der Waals surface area contributed by atoms with Crippen molar-refractivity contribution in [1.29, 1.82) is 0 Å². The molecule has 2 heterocycles. The van der Waals surface area contributed by atoms with Gasteiger partial charge in [0, 0.05) is 17.5 Å². The van der Waals surface area contributed by atoms with Crippen LogP contribution < -0.4 is 4.74 Å². The minimum atomic E-state index is -0.0129. The van der Waals surface area contributed by atoms with Crippen molar-refractivity contribution in [2.24, 2.45) is 0 Å². The Morgan fingerprint density at radius 1 is 1.04 bits per heavy atom. The van der Waals surface area contributed by atoms with E-state index in [0.29, 0.717) is 19.0 Å². The van der Waals surface area contributed by atoms with Crippen molar-refractivity contribution in [3.63, 3.8) is 0 Å². The molecule has 0 N–H and O–H groups in total. The Morgan fingerprint density at radius 3 is 2.54 bits per heavy atom. The predicted octanol–water partition coefficient (Wildman–Crippen LogP) is 4.08. The molecule has 26 heavy (non-hydrogen) atoms. The molecule has 1 aromatic heterocycles. The molecule has 0 spiro atoms. The van der Waals surface area contributed by atoms with Crippen LogP contribution in [0.4, 0.5) is 0 Å². The van der Waals surface area contributed by atoms with Crippen LogP contribution in [0.3, 0.4) is 0 Å². The summed E-state index contributed by atoms with van der Waals surface area (Å²) in [6, 6.07) is 14.6. The van der Waals surface area contributed by atoms with Crippen molar-refractivity contribution in [3.8, 4) is 5.88 Å². The Hall–Kier alpha value is -2.88. The molecule has 1 aliphatic heterocycles. The fourth-order valence-electron chi connectivity index (χ4n) is 3.37. The molecule has 4 rings (SSSR count). The van der Waals surface area contributed by atoms with E-state index in [0.717, 1.165) is 27.6 Å². The first-order valence-corrected chi connectivity index (χ1v) is 8.87. The van der Waals surface area contributed by atoms with E-state index in [1.54, 1.807) is 0 Å². The summed E-state index contributed by atoms with van der Waals surface area (Å²) in [5.74, 6) is 0.562. The van der Waals surface area contributed by atoms with E-state index in [4.69, 9.17) is 9.72 Å². The molecule has 0 unspecified atom stereocenters. The Labute approximate surface area is 153 Å². The van der Waals surface area contributed by atoms with Gasteiger partial charge in [-0.1, -0.05) is 42.0 Å². The molecule has 0 aliphatic carbocycles. The number of amides is 1. The van der Waals surface area contributed by atoms with E-state index in [1.807, 2.05) is 11.8 Å². The third-order valence-corrected chi connectivity index (χ3v) is 4.98. The first-order chi connectivity index (χ1) is 12.5. The van der Waals surface area contributed by atoms with Crippen LogP contribution >= 0.6 is 0 Å². The van der Waals surface area contributed by atoms with Crippen LogP contribution in [0, 0.1) is 20.8 Å². The molecule has 2 aromatic carbocycles. The van der Waals surface area contributed by atoms with E-state index in [2.05, 4.69) is 56.3 Å². The number of hydrogen-bond donors (Lipinski definition) is 0. The normalized spacial score (nSPS) is 14.1. The topological polar surface area (TPSA) is 42.4 Å². The molecule has 0 bridgehead atoms. The Balaban J connectivity index is 1.71. The number of aromatic nitrogens is 1. The van der Waals surface area contributed by atoms with E-state index in [9.17, 15) is 4.79 Å². The van der Waals surface area contributed by atoms with Gasteiger partial charge in [0.25, 0.3) is 5.91 Å². The van der Waals surface area contributed by atoms with Gasteiger partial charge in [-0.15, -0.1) is 0 Å². The van der Waals surface area contributed by atoms with Gasteiger partial charge in [-0.2, -0.15) is 0 Å². The van der Waals surface area contributed by atoms with Gasteiger partial charge in [-0.25, -0.2) is 4.98 Å². The van der Waals surface area contributed by atoms with Crippen molar-refractivity contribution < 1.29 is 9.53 Å². The molecular weight excluding hydrogens is 324 g/mol. The van der Waals surface area contributed by atoms with Crippen molar-refractivity contribution >= 4 is 16.8 Å². The number of rotatable bonds is 2. The highest BCUT2D eigenvalue weighted by Crippen LogP contribution is 2.29. The van der Waals surface area contributed by atoms with Gasteiger partial charge in [0.15, 0.2) is 6.61 Å². The predicted molar refractivity (Wildman–Crippen MR) is 102 cm³/mol. The van der Waals surface area contributed by atoms with Crippen LogP contribution in [-0.2, 0) is 17.9 Å². The summed E-state index contributed by atoms with van der Waals surface area (Å²) in [5.41, 5.74) is 6.54. The fraction of sp³-hybridized carbons (Fsp3) is 0.273. The largest absolute Gasteiger partial charge is 0.467 e. The fourth-order valence-corrected chi connectivity index (χ4v) is 3.37. The molecule has 0 saturated carbocycles. The maximum atomic E-state index is 12.6. The number of carbonyl (C=O) groups is 1. The van der Waals surface area contributed by atoms with Crippen molar-refractivity contribution in [2.45, 2.75) is 33.9 Å². The number of fused-ring (bicyclic) bond motifs is 2. The lowest BCUT2D eigenvalue weighted by Gasteiger charge is -2.20. The second kappa shape index (κ2) is 6.45. The summed E-state index contributed by atoms with van der Waals surface area (Å²) in [5, 5.41) is 1.12. The quantitative estimate of drug-likeness (QED) is 0.702. The zero-order valence-electron chi connectivity index (χ0n) is 15.4. The lowest BCUT2D eigenvalue weighted by Crippen LogP contribution is -2.31. The second-order valence-electron chi connectivity index (χ2n) is 7.07. The van der Waals surface area contributed by atoms with Crippen LogP contribution in [0.25, 0.3) is 10.9 Å². The summed E-state index contributed by atoms with van der Waals surface area (Å²) in [6.07, 6.45) is 0. The van der Waals surface area contributed by atoms with Gasteiger partial charge < -0.3 is 9.64 Å². The number of pyridine rings is 1. The van der Waals surface area contributed by atoms with Crippen LogP contribution in [0.2, 0.25) is 0 Å². The Bertz CT molecular complexity index is 993. The van der Waals surface area contributed by atoms with Crippen LogP contribution in [0.5, 0.6) is 5.88 Å². The highest BCUT2D eigenvalue weighted by molar-refractivity contribution is 5.87. The van der Waals surface area contributed by atoms with Gasteiger partial charge in [-0.05, 0) is 43.5 Å². The summed E-state index contributed by atoms with van der Waals surface area (Å²) in [4.78, 5) is 19.1. The SMILES string of the molecule is Cc1ccc(CN2Cc3cc4c(C)ccc(C)c4nc3OCC2=O)cc1. The van der Waals surface area contributed by atoms with Crippen molar-refractivity contribution in [1.82, 2.24) is 9.88 Å². The van der Waals surface area contributed by atoms with E-state index >= 15 is 0 Å². The minimum absolute atomic E-state index is 0.0129. The van der Waals surface area contributed by atoms with Gasteiger partial charge in [0.2, 0.25) is 5.88 Å². The van der Waals surface area contributed by atoms with Gasteiger partial charge in [0.05, 0.1) is 12.1 Å². The molecule has 0 fully saturated rings. The maximum absolute atomic E-state index is 12.6. The number of aryl methyl sites for hydroxylation is 3. The van der Waals surface area contributed by atoms with Crippen LogP contribution in [0.1, 0.15) is 27.8 Å². The Morgan fingerprint density at radius 2 is 1.77 bits per heavy atom. The molecular formula is C22H22N2O2. The summed E-state index contributed by atoms with van der Waals surface area (Å²) >= 11 is 0. The molecule has 4 heteroatoms. The highest BCUT2D eigenvalue weighted by Gasteiger charge is 2.23. The summed E-state index contributed by atoms with van der Waals surface area (Å²) < 4.78 is 5.75. The second-order valence-corrected chi connectivity index (χ2v) is 7.07. The van der Waals surface area contributed by atoms with Crippen LogP contribution in [0.15, 0.2) is 42.5 Å². The first-order valence-electron chi connectivity index (χ1n) is 8.87. The van der Waals surface area contributed by atoms with Gasteiger partial charge in [0.1, 0.15) is 0 Å². The molecule has 0 saturated heterocycles. The molecule has 132 valence electrons. The summed E-state index contributed by atoms with van der Waals surface area (Å²) in [6.45, 7) is 7.31.